The molecule has 0 saturated carbocycles. The van der Waals surface area contributed by atoms with Crippen LogP contribution in [0.25, 0.3) is 0 Å². The maximum atomic E-state index is 12.8. The average molecular weight is 313 g/mol. The number of hydrogen-bond donors (Lipinski definition) is 2. The van der Waals surface area contributed by atoms with E-state index in [-0.39, 0.29) is 18.0 Å². The molecule has 1 aromatic carbocycles. The highest BCUT2D eigenvalue weighted by atomic mass is 32.2. The number of benzene rings is 1. The van der Waals surface area contributed by atoms with E-state index in [1.165, 1.54) is 0 Å². The second kappa shape index (κ2) is 6.91. The number of hydrogen-bond acceptors (Lipinski definition) is 4. The molecule has 0 spiro atoms. The minimum absolute atomic E-state index is 0.171. The van der Waals surface area contributed by atoms with E-state index < -0.39 is 15.9 Å². The Morgan fingerprint density at radius 2 is 1.81 bits per heavy atom. The molecule has 7 heteroatoms. The molecule has 0 radical (unpaired) electrons. The van der Waals surface area contributed by atoms with E-state index >= 15 is 0 Å². The van der Waals surface area contributed by atoms with Crippen LogP contribution in [0.1, 0.15) is 31.9 Å². The maximum Gasteiger partial charge on any atom is 0.243 e. The van der Waals surface area contributed by atoms with Gasteiger partial charge >= 0.3 is 0 Å². The number of nitrogen functional groups attached to an aromatic ring is 1. The predicted molar refractivity (Wildman–Crippen MR) is 83.2 cm³/mol. The summed E-state index contributed by atoms with van der Waals surface area (Å²) in [5, 5.41) is 0. The molecule has 0 atom stereocenters. The summed E-state index contributed by atoms with van der Waals surface area (Å²) < 4.78 is 26.6. The van der Waals surface area contributed by atoms with Gasteiger partial charge in [-0.15, -0.1) is 0 Å². The molecule has 0 unspecified atom stereocenters. The third-order valence-corrected chi connectivity index (χ3v) is 5.36. The van der Waals surface area contributed by atoms with Crippen molar-refractivity contribution >= 4 is 21.6 Å². The van der Waals surface area contributed by atoms with E-state index in [2.05, 4.69) is 0 Å². The van der Waals surface area contributed by atoms with Crippen LogP contribution in [0, 0.1) is 0 Å². The van der Waals surface area contributed by atoms with Crippen LogP contribution < -0.4 is 11.5 Å². The zero-order chi connectivity index (χ0) is 16.2. The summed E-state index contributed by atoms with van der Waals surface area (Å²) in [6, 6.07) is 3.43. The van der Waals surface area contributed by atoms with E-state index in [0.717, 1.165) is 9.87 Å². The number of sulfonamides is 1. The Bertz CT molecular complexity index is 627. The standard InChI is InChI=1S/C14H23N3O3S/c1-4-10-7-12(15)11(5-2)13(8-10)21(19,20)17(6-3)9-14(16)18/h7-8H,4-6,9,15H2,1-3H3,(H2,16,18). The SMILES string of the molecule is CCc1cc(N)c(CC)c(S(=O)(=O)N(CC)CC(N)=O)c1. The number of primary amides is 1. The van der Waals surface area contributed by atoms with Crippen LogP contribution in [0.4, 0.5) is 5.69 Å². The Morgan fingerprint density at radius 1 is 1.19 bits per heavy atom. The highest BCUT2D eigenvalue weighted by Gasteiger charge is 2.28. The minimum atomic E-state index is -3.79. The van der Waals surface area contributed by atoms with Gasteiger partial charge in [-0.3, -0.25) is 4.79 Å². The van der Waals surface area contributed by atoms with Gasteiger partial charge < -0.3 is 11.5 Å². The fraction of sp³-hybridized carbons (Fsp3) is 0.500. The van der Waals surface area contributed by atoms with Crippen molar-refractivity contribution in [3.05, 3.63) is 23.3 Å². The Hall–Kier alpha value is -1.60. The summed E-state index contributed by atoms with van der Waals surface area (Å²) in [4.78, 5) is 11.3. The lowest BCUT2D eigenvalue weighted by Crippen LogP contribution is -2.38. The first-order chi connectivity index (χ1) is 9.77. The molecule has 0 heterocycles. The first-order valence-electron chi connectivity index (χ1n) is 6.97. The van der Waals surface area contributed by atoms with Crippen LogP contribution in [0.15, 0.2) is 17.0 Å². The smallest absolute Gasteiger partial charge is 0.243 e. The monoisotopic (exact) mass is 313 g/mol. The van der Waals surface area contributed by atoms with E-state index in [4.69, 9.17) is 11.5 Å². The molecule has 0 saturated heterocycles. The van der Waals surface area contributed by atoms with Gasteiger partial charge in [-0.25, -0.2) is 8.42 Å². The van der Waals surface area contributed by atoms with Gasteiger partial charge in [0.1, 0.15) is 0 Å². The van der Waals surface area contributed by atoms with Crippen LogP contribution >= 0.6 is 0 Å². The van der Waals surface area contributed by atoms with Crippen molar-refractivity contribution < 1.29 is 13.2 Å². The number of rotatable bonds is 7. The first-order valence-corrected chi connectivity index (χ1v) is 8.41. The van der Waals surface area contributed by atoms with Crippen LogP contribution in [0.2, 0.25) is 0 Å². The molecule has 118 valence electrons. The topological polar surface area (TPSA) is 106 Å². The largest absolute Gasteiger partial charge is 0.398 e. The Balaban J connectivity index is 3.48. The first kappa shape index (κ1) is 17.5. The Kier molecular flexibility index (Phi) is 5.74. The molecule has 4 N–H and O–H groups in total. The van der Waals surface area contributed by atoms with E-state index in [0.29, 0.717) is 24.1 Å². The molecule has 0 aliphatic heterocycles. The summed E-state index contributed by atoms with van der Waals surface area (Å²) in [5.74, 6) is -0.682. The maximum absolute atomic E-state index is 12.8. The molecular formula is C14H23N3O3S. The second-order valence-corrected chi connectivity index (χ2v) is 6.67. The van der Waals surface area contributed by atoms with E-state index in [9.17, 15) is 13.2 Å². The molecule has 6 nitrogen and oxygen atoms in total. The molecule has 1 aromatic rings. The molecule has 0 aliphatic rings. The Labute approximate surface area is 126 Å². The van der Waals surface area contributed by atoms with Gasteiger partial charge in [0, 0.05) is 12.2 Å². The summed E-state index contributed by atoms with van der Waals surface area (Å²) in [7, 11) is -3.79. The van der Waals surface area contributed by atoms with Gasteiger partial charge in [0.15, 0.2) is 0 Å². The molecular weight excluding hydrogens is 290 g/mol. The molecule has 1 rings (SSSR count). The number of carbonyl (C=O) groups excluding carboxylic acids is 1. The van der Waals surface area contributed by atoms with Crippen molar-refractivity contribution in [3.8, 4) is 0 Å². The highest BCUT2D eigenvalue weighted by Crippen LogP contribution is 2.27. The summed E-state index contributed by atoms with van der Waals surface area (Å²) >= 11 is 0. The van der Waals surface area contributed by atoms with Crippen LogP contribution in [0.3, 0.4) is 0 Å². The van der Waals surface area contributed by atoms with Gasteiger partial charge in [0.2, 0.25) is 15.9 Å². The summed E-state index contributed by atoms with van der Waals surface area (Å²) in [6.45, 7) is 5.28. The quantitative estimate of drug-likeness (QED) is 0.729. The number of aryl methyl sites for hydroxylation is 1. The molecule has 0 aromatic heterocycles. The van der Waals surface area contributed by atoms with E-state index in [1.807, 2.05) is 13.8 Å². The van der Waals surface area contributed by atoms with Gasteiger partial charge in [-0.2, -0.15) is 4.31 Å². The summed E-state index contributed by atoms with van der Waals surface area (Å²) in [5.41, 5.74) is 13.0. The van der Waals surface area contributed by atoms with Crippen molar-refractivity contribution in [3.63, 3.8) is 0 Å². The van der Waals surface area contributed by atoms with Gasteiger partial charge in [0.05, 0.1) is 11.4 Å². The third kappa shape index (κ3) is 3.74. The molecule has 0 fully saturated rings. The minimum Gasteiger partial charge on any atom is -0.398 e. The number of likely N-dealkylation sites (N-methyl/N-ethyl adjacent to an activating group) is 1. The van der Waals surface area contributed by atoms with Crippen LogP contribution in [-0.2, 0) is 27.7 Å². The molecule has 0 aliphatic carbocycles. The molecule has 1 amide bonds. The Morgan fingerprint density at radius 3 is 2.24 bits per heavy atom. The van der Waals surface area contributed by atoms with E-state index in [1.54, 1.807) is 19.1 Å². The van der Waals surface area contributed by atoms with Gasteiger partial charge in [-0.1, -0.05) is 20.8 Å². The lowest BCUT2D eigenvalue weighted by molar-refractivity contribution is -0.118. The predicted octanol–water partition coefficient (Wildman–Crippen LogP) is 0.890. The van der Waals surface area contributed by atoms with Crippen LogP contribution in [0.5, 0.6) is 0 Å². The van der Waals surface area contributed by atoms with Gasteiger partial charge in [0.25, 0.3) is 0 Å². The number of anilines is 1. The highest BCUT2D eigenvalue weighted by molar-refractivity contribution is 7.89. The number of amides is 1. The fourth-order valence-electron chi connectivity index (χ4n) is 2.22. The van der Waals surface area contributed by atoms with Crippen molar-refractivity contribution in [2.75, 3.05) is 18.8 Å². The zero-order valence-corrected chi connectivity index (χ0v) is 13.5. The number of nitrogens with zero attached hydrogens (tertiary/aromatic N) is 1. The van der Waals surface area contributed by atoms with Crippen molar-refractivity contribution in [1.82, 2.24) is 4.31 Å². The normalized spacial score (nSPS) is 11.8. The molecule has 0 bridgehead atoms. The van der Waals surface area contributed by atoms with Crippen LogP contribution in [-0.4, -0.2) is 31.7 Å². The lowest BCUT2D eigenvalue weighted by Gasteiger charge is -2.22. The zero-order valence-electron chi connectivity index (χ0n) is 12.7. The fourth-order valence-corrected chi connectivity index (χ4v) is 4.01. The summed E-state index contributed by atoms with van der Waals surface area (Å²) in [6.07, 6.45) is 1.18. The number of carbonyl (C=O) groups is 1. The average Bonchev–Trinajstić information content (AvgIpc) is 2.43. The van der Waals surface area contributed by atoms with Crippen molar-refractivity contribution in [2.24, 2.45) is 5.73 Å². The third-order valence-electron chi connectivity index (χ3n) is 3.37. The lowest BCUT2D eigenvalue weighted by atomic mass is 10.1. The van der Waals surface area contributed by atoms with Crippen molar-refractivity contribution in [1.29, 1.82) is 0 Å². The van der Waals surface area contributed by atoms with Gasteiger partial charge in [-0.05, 0) is 36.1 Å². The molecule has 21 heavy (non-hydrogen) atoms. The second-order valence-electron chi connectivity index (χ2n) is 4.77. The van der Waals surface area contributed by atoms with Crippen molar-refractivity contribution in [2.45, 2.75) is 38.5 Å². The number of nitrogens with two attached hydrogens (primary N) is 2.